The Labute approximate surface area is 187 Å². The largest absolute Gasteiger partial charge is 0.360 e. The molecule has 0 aromatic heterocycles. The second-order valence-corrected chi connectivity index (χ2v) is 8.70. The first-order valence-electron chi connectivity index (χ1n) is 12.3. The van der Waals surface area contributed by atoms with Crippen molar-refractivity contribution >= 4 is 23.6 Å². The molecule has 1 heterocycles. The number of hydrogen-bond donors (Lipinski definition) is 1. The van der Waals surface area contributed by atoms with Crippen LogP contribution in [0.5, 0.6) is 0 Å². The number of unbranched alkanes of at least 4 members (excludes halogenated alkanes) is 12. The van der Waals surface area contributed by atoms with Gasteiger partial charge >= 0.3 is 5.97 Å². The van der Waals surface area contributed by atoms with Crippen LogP contribution in [0, 0.1) is 0 Å². The van der Waals surface area contributed by atoms with Crippen LogP contribution in [-0.2, 0) is 24.0 Å². The van der Waals surface area contributed by atoms with E-state index >= 15 is 0 Å². The van der Waals surface area contributed by atoms with Crippen molar-refractivity contribution in [3.05, 3.63) is 0 Å². The number of hydroxylamine groups is 2. The summed E-state index contributed by atoms with van der Waals surface area (Å²) in [4.78, 5) is 53.1. The van der Waals surface area contributed by atoms with Gasteiger partial charge in [-0.3, -0.25) is 14.4 Å². The number of Topliss-reactive ketones (excluding diaryl/α,β-unsaturated/α-hetero) is 1. The van der Waals surface area contributed by atoms with E-state index in [0.717, 1.165) is 19.3 Å². The van der Waals surface area contributed by atoms with Gasteiger partial charge in [-0.1, -0.05) is 90.9 Å². The van der Waals surface area contributed by atoms with Gasteiger partial charge in [0, 0.05) is 19.3 Å². The molecule has 1 aliphatic heterocycles. The molecule has 1 aliphatic rings. The molecule has 1 atom stereocenters. The maximum Gasteiger partial charge on any atom is 0.360 e. The molecule has 0 radical (unpaired) electrons. The number of carbonyl (C=O) groups excluding carboxylic acids is 4. The number of rotatable bonds is 18. The lowest BCUT2D eigenvalue weighted by atomic mass is 9.89. The zero-order chi connectivity index (χ0) is 23.1. The maximum absolute atomic E-state index is 12.6. The van der Waals surface area contributed by atoms with Crippen LogP contribution in [0.3, 0.4) is 0 Å². The van der Waals surface area contributed by atoms with E-state index in [0.29, 0.717) is 11.5 Å². The van der Waals surface area contributed by atoms with Gasteiger partial charge in [-0.25, -0.2) is 4.79 Å². The summed E-state index contributed by atoms with van der Waals surface area (Å²) >= 11 is 0. The molecule has 0 bridgehead atoms. The summed E-state index contributed by atoms with van der Waals surface area (Å²) in [5, 5.41) is 0.443. The SMILES string of the molecule is CCCCCCCCCCCCCCCC(=O)C(N)(CC)C(=O)ON1C(=O)CCC1=O. The Bertz CT molecular complexity index is 577. The van der Waals surface area contributed by atoms with Crippen molar-refractivity contribution in [1.82, 2.24) is 5.06 Å². The Hall–Kier alpha value is -1.76. The van der Waals surface area contributed by atoms with Crippen LogP contribution in [0.1, 0.15) is 123 Å². The molecule has 1 saturated heterocycles. The van der Waals surface area contributed by atoms with E-state index in [9.17, 15) is 19.2 Å². The fourth-order valence-corrected chi connectivity index (χ4v) is 3.80. The van der Waals surface area contributed by atoms with Gasteiger partial charge in [0.1, 0.15) is 0 Å². The molecule has 1 fully saturated rings. The van der Waals surface area contributed by atoms with E-state index in [2.05, 4.69) is 6.92 Å². The maximum atomic E-state index is 12.6. The molecular formula is C24H42N2O5. The second-order valence-electron chi connectivity index (χ2n) is 8.70. The van der Waals surface area contributed by atoms with E-state index in [1.165, 1.54) is 57.8 Å². The minimum absolute atomic E-state index is 0.00269. The van der Waals surface area contributed by atoms with Crippen LogP contribution in [-0.4, -0.2) is 34.2 Å². The van der Waals surface area contributed by atoms with Crippen LogP contribution in [0.15, 0.2) is 0 Å². The van der Waals surface area contributed by atoms with Gasteiger partial charge in [-0.15, -0.1) is 5.06 Å². The zero-order valence-corrected chi connectivity index (χ0v) is 19.6. The third-order valence-corrected chi connectivity index (χ3v) is 6.11. The molecule has 0 aromatic rings. The lowest BCUT2D eigenvalue weighted by Crippen LogP contribution is -2.57. The van der Waals surface area contributed by atoms with Crippen molar-refractivity contribution in [2.24, 2.45) is 5.73 Å². The Kier molecular flexibility index (Phi) is 13.3. The standard InChI is InChI=1S/C24H42N2O5/c1-3-5-6-7-8-9-10-11-12-13-14-15-16-17-20(27)24(25,4-2)23(30)31-26-21(28)18-19-22(26)29/h3-19,25H2,1-2H3. The van der Waals surface area contributed by atoms with Crippen molar-refractivity contribution < 1.29 is 24.0 Å². The van der Waals surface area contributed by atoms with Crippen molar-refractivity contribution in [3.63, 3.8) is 0 Å². The normalized spacial score (nSPS) is 15.9. The van der Waals surface area contributed by atoms with Gasteiger partial charge in [-0.05, 0) is 12.8 Å². The number of nitrogens with two attached hydrogens (primary N) is 1. The van der Waals surface area contributed by atoms with Crippen molar-refractivity contribution in [3.8, 4) is 0 Å². The highest BCUT2D eigenvalue weighted by molar-refractivity contribution is 6.09. The van der Waals surface area contributed by atoms with Crippen LogP contribution in [0.4, 0.5) is 0 Å². The average molecular weight is 439 g/mol. The van der Waals surface area contributed by atoms with Gasteiger partial charge in [0.25, 0.3) is 11.8 Å². The predicted molar refractivity (Wildman–Crippen MR) is 120 cm³/mol. The lowest BCUT2D eigenvalue weighted by molar-refractivity contribution is -0.201. The molecule has 7 heteroatoms. The molecule has 0 aromatic carbocycles. The second kappa shape index (κ2) is 15.1. The topological polar surface area (TPSA) is 107 Å². The van der Waals surface area contributed by atoms with Crippen LogP contribution < -0.4 is 5.73 Å². The van der Waals surface area contributed by atoms with Crippen LogP contribution >= 0.6 is 0 Å². The first-order valence-corrected chi connectivity index (χ1v) is 12.3. The van der Waals surface area contributed by atoms with Crippen molar-refractivity contribution in [2.45, 2.75) is 129 Å². The molecule has 0 aliphatic carbocycles. The number of nitrogens with zero attached hydrogens (tertiary/aromatic N) is 1. The summed E-state index contributed by atoms with van der Waals surface area (Å²) in [6.07, 6.45) is 15.9. The molecule has 2 amide bonds. The highest BCUT2D eigenvalue weighted by atomic mass is 16.7. The van der Waals surface area contributed by atoms with Crippen molar-refractivity contribution in [1.29, 1.82) is 0 Å². The fourth-order valence-electron chi connectivity index (χ4n) is 3.80. The highest BCUT2D eigenvalue weighted by Gasteiger charge is 2.44. The quantitative estimate of drug-likeness (QED) is 0.188. The Balaban J connectivity index is 2.17. The number of carbonyl (C=O) groups is 4. The molecule has 1 rings (SSSR count). The van der Waals surface area contributed by atoms with Crippen LogP contribution in [0.25, 0.3) is 0 Å². The first kappa shape index (κ1) is 27.3. The molecule has 7 nitrogen and oxygen atoms in total. The van der Waals surface area contributed by atoms with Gasteiger partial charge in [-0.2, -0.15) is 0 Å². The molecular weight excluding hydrogens is 396 g/mol. The van der Waals surface area contributed by atoms with Gasteiger partial charge in [0.15, 0.2) is 11.3 Å². The first-order chi connectivity index (χ1) is 14.9. The van der Waals surface area contributed by atoms with E-state index in [1.807, 2.05) is 0 Å². The molecule has 0 spiro atoms. The van der Waals surface area contributed by atoms with E-state index in [-0.39, 0.29) is 25.7 Å². The van der Waals surface area contributed by atoms with E-state index < -0.39 is 29.1 Å². The molecule has 2 N–H and O–H groups in total. The molecule has 1 unspecified atom stereocenters. The van der Waals surface area contributed by atoms with Crippen LogP contribution in [0.2, 0.25) is 0 Å². The summed E-state index contributed by atoms with van der Waals surface area (Å²) in [6.45, 7) is 3.86. The zero-order valence-electron chi connectivity index (χ0n) is 19.6. The van der Waals surface area contributed by atoms with Gasteiger partial charge in [0.05, 0.1) is 0 Å². The monoisotopic (exact) mass is 438 g/mol. The molecule has 178 valence electrons. The number of amides is 2. The number of imide groups is 1. The summed E-state index contributed by atoms with van der Waals surface area (Å²) in [7, 11) is 0. The molecule has 0 saturated carbocycles. The summed E-state index contributed by atoms with van der Waals surface area (Å²) in [5.74, 6) is -2.60. The predicted octanol–water partition coefficient (Wildman–Crippen LogP) is 4.75. The Morgan fingerprint density at radius 2 is 1.23 bits per heavy atom. The molecule has 31 heavy (non-hydrogen) atoms. The average Bonchev–Trinajstić information content (AvgIpc) is 3.08. The smallest absolute Gasteiger partial charge is 0.328 e. The third-order valence-electron chi connectivity index (χ3n) is 6.11. The van der Waals surface area contributed by atoms with Gasteiger partial charge < -0.3 is 10.6 Å². The summed E-state index contributed by atoms with van der Waals surface area (Å²) in [6, 6.07) is 0. The van der Waals surface area contributed by atoms with Gasteiger partial charge in [0.2, 0.25) is 0 Å². The fraction of sp³-hybridized carbons (Fsp3) is 0.833. The lowest BCUT2D eigenvalue weighted by Gasteiger charge is -2.25. The Morgan fingerprint density at radius 3 is 1.65 bits per heavy atom. The summed E-state index contributed by atoms with van der Waals surface area (Å²) in [5.41, 5.74) is 4.21. The Morgan fingerprint density at radius 1 is 0.806 bits per heavy atom. The minimum atomic E-state index is -1.82. The highest BCUT2D eigenvalue weighted by Crippen LogP contribution is 2.20. The third kappa shape index (κ3) is 9.50. The number of hydrogen-bond acceptors (Lipinski definition) is 6. The minimum Gasteiger partial charge on any atom is -0.328 e. The van der Waals surface area contributed by atoms with E-state index in [1.54, 1.807) is 6.92 Å². The number of ketones is 1. The summed E-state index contributed by atoms with van der Waals surface area (Å²) < 4.78 is 0. The van der Waals surface area contributed by atoms with Crippen molar-refractivity contribution in [2.75, 3.05) is 0 Å². The van der Waals surface area contributed by atoms with E-state index in [4.69, 9.17) is 10.6 Å².